The van der Waals surface area contributed by atoms with E-state index in [-0.39, 0.29) is 18.2 Å². The number of hydrogen-bond donors (Lipinski definition) is 3. The van der Waals surface area contributed by atoms with Crippen molar-refractivity contribution in [2.75, 3.05) is 144 Å². The fourth-order valence-corrected chi connectivity index (χ4v) is 10.2. The van der Waals surface area contributed by atoms with E-state index in [4.69, 9.17) is 4.74 Å². The molecule has 7 aliphatic heterocycles. The number of hydrogen-bond acceptors (Lipinski definition) is 11. The highest BCUT2D eigenvalue weighted by atomic mass is 19.3. The number of nitrogens with one attached hydrogen (secondary N) is 3. The summed E-state index contributed by atoms with van der Waals surface area (Å²) < 4.78 is 30.0. The first kappa shape index (κ1) is 71.0. The summed E-state index contributed by atoms with van der Waals surface area (Å²) in [6.45, 7) is 56.7. The van der Waals surface area contributed by atoms with Crippen molar-refractivity contribution in [1.82, 2.24) is 50.5 Å². The molecule has 2 aliphatic carbocycles. The highest BCUT2D eigenvalue weighted by Crippen LogP contribution is 2.31. The zero-order valence-electron chi connectivity index (χ0n) is 52.8. The molecule has 0 aromatic rings. The van der Waals surface area contributed by atoms with Gasteiger partial charge in [-0.3, -0.25) is 14.6 Å². The lowest BCUT2D eigenvalue weighted by Crippen LogP contribution is -2.53. The van der Waals surface area contributed by atoms with Gasteiger partial charge in [0.15, 0.2) is 0 Å². The lowest BCUT2D eigenvalue weighted by Gasteiger charge is -2.42. The number of rotatable bonds is 8. The molecule has 452 valence electrons. The lowest BCUT2D eigenvalue weighted by molar-refractivity contribution is -0.133. The number of nitrogens with zero attached hydrogens (tertiary/aromatic N) is 7. The monoisotopic (exact) mass is 1080 g/mol. The van der Waals surface area contributed by atoms with Gasteiger partial charge in [-0.25, -0.2) is 18.8 Å². The highest BCUT2D eigenvalue weighted by molar-refractivity contribution is 5.81. The number of carbonyl (C=O) groups is 1. The number of alkyl halides is 2. The Kier molecular flexibility index (Phi) is 37.6. The summed E-state index contributed by atoms with van der Waals surface area (Å²) in [5, 5.41) is 15.1. The van der Waals surface area contributed by atoms with Crippen LogP contribution in [0.15, 0.2) is 0 Å². The molecule has 0 radical (unpaired) electrons. The van der Waals surface area contributed by atoms with Crippen molar-refractivity contribution in [3.8, 4) is 0 Å². The van der Waals surface area contributed by atoms with Gasteiger partial charge in [0.2, 0.25) is 5.91 Å². The lowest BCUT2D eigenvalue weighted by atomic mass is 10.0. The predicted molar refractivity (Wildman–Crippen MR) is 322 cm³/mol. The first-order valence-corrected chi connectivity index (χ1v) is 31.7. The van der Waals surface area contributed by atoms with Gasteiger partial charge in [-0.2, -0.15) is 0 Å². The summed E-state index contributed by atoms with van der Waals surface area (Å²) in [7, 11) is 0. The maximum atomic E-state index is 12.1. The Hall–Kier alpha value is -1.07. The Labute approximate surface area is 470 Å². The summed E-state index contributed by atoms with van der Waals surface area (Å²) >= 11 is 0. The van der Waals surface area contributed by atoms with E-state index in [0.717, 1.165) is 108 Å². The maximum absolute atomic E-state index is 12.1. The van der Waals surface area contributed by atoms with Crippen LogP contribution in [-0.2, 0) is 9.53 Å². The van der Waals surface area contributed by atoms with Gasteiger partial charge in [0.05, 0.1) is 18.2 Å². The van der Waals surface area contributed by atoms with Crippen LogP contribution >= 0.6 is 0 Å². The molecule has 1 amide bonds. The number of likely N-dealkylation sites (tertiary alicyclic amines) is 2. The van der Waals surface area contributed by atoms with E-state index in [2.05, 4.69) is 124 Å². The predicted octanol–water partition coefficient (Wildman–Crippen LogP) is 10.7. The molecule has 3 N–H and O–H groups in total. The van der Waals surface area contributed by atoms with Crippen LogP contribution in [0.25, 0.3) is 0 Å². The Bertz CT molecular complexity index is 1270. The number of piperidine rings is 4. The van der Waals surface area contributed by atoms with E-state index in [1.807, 2.05) is 30.6 Å². The third-order valence-electron chi connectivity index (χ3n) is 14.4. The second kappa shape index (κ2) is 40.2. The smallest absolute Gasteiger partial charge is 0.251 e. The first-order valence-electron chi connectivity index (χ1n) is 31.7. The number of carbonyl (C=O) groups excluding carboxylic acids is 1. The van der Waals surface area contributed by atoms with Gasteiger partial charge in [-0.05, 0) is 168 Å². The number of hydrazine groups is 1. The molecule has 2 saturated carbocycles. The molecule has 0 aromatic heterocycles. The second-order valence-corrected chi connectivity index (χ2v) is 27.4. The molecule has 9 rings (SSSR count). The van der Waals surface area contributed by atoms with Gasteiger partial charge in [0, 0.05) is 129 Å². The minimum absolute atomic E-state index is 0.0950. The average molecular weight is 1080 g/mol. The number of ether oxygens (including phenoxy) is 1. The van der Waals surface area contributed by atoms with Crippen molar-refractivity contribution in [3.63, 3.8) is 0 Å². The van der Waals surface area contributed by atoms with E-state index in [1.54, 1.807) is 0 Å². The SMILES string of the molecule is C1CCN(C2CCNCC2)CC1.C1CCN(N2CCNCC2)CC1.CC(C)(C)N1CCN(CC2CC2)CC1.CC(C)(C)OC1CCN(CC(F)F)CC1.CC(C)C.CC(C)C.CC(C)C.O=C(C1CC1)N1CCNCC1. The van der Waals surface area contributed by atoms with Crippen molar-refractivity contribution in [2.45, 2.75) is 223 Å². The van der Waals surface area contributed by atoms with Crippen LogP contribution in [0.3, 0.4) is 0 Å². The Morgan fingerprint density at radius 3 is 1.36 bits per heavy atom. The minimum atomic E-state index is -2.22. The third kappa shape index (κ3) is 37.8. The largest absolute Gasteiger partial charge is 0.373 e. The zero-order valence-corrected chi connectivity index (χ0v) is 52.8. The quantitative estimate of drug-likeness (QED) is 0.217. The Morgan fingerprint density at radius 1 is 0.500 bits per heavy atom. The third-order valence-corrected chi connectivity index (χ3v) is 14.4. The van der Waals surface area contributed by atoms with Crippen molar-refractivity contribution >= 4 is 5.91 Å². The number of piperazine rings is 3. The second-order valence-electron chi connectivity index (χ2n) is 27.4. The normalized spacial score (nSPS) is 23.4. The van der Waals surface area contributed by atoms with Crippen LogP contribution in [0.5, 0.6) is 0 Å². The molecule has 7 saturated heterocycles. The van der Waals surface area contributed by atoms with Crippen LogP contribution in [0, 0.1) is 29.6 Å². The topological polar surface area (TPSA) is 85.1 Å². The number of halogens is 2. The fourth-order valence-electron chi connectivity index (χ4n) is 10.2. The summed E-state index contributed by atoms with van der Waals surface area (Å²) in [6.07, 6.45) is 16.3. The summed E-state index contributed by atoms with van der Waals surface area (Å²) in [4.78, 5) is 23.2. The number of amides is 1. The van der Waals surface area contributed by atoms with Crippen LogP contribution in [0.4, 0.5) is 8.78 Å². The Morgan fingerprint density at radius 2 is 0.934 bits per heavy atom. The van der Waals surface area contributed by atoms with E-state index in [9.17, 15) is 13.6 Å². The molecule has 7 heterocycles. The van der Waals surface area contributed by atoms with Gasteiger partial charge >= 0.3 is 0 Å². The molecule has 0 unspecified atom stereocenters. The first-order chi connectivity index (χ1) is 35.9. The van der Waals surface area contributed by atoms with Crippen LogP contribution in [0.1, 0.15) is 194 Å². The molecule has 12 nitrogen and oxygen atoms in total. The molecular weight excluding hydrogens is 955 g/mol. The van der Waals surface area contributed by atoms with Crippen molar-refractivity contribution in [1.29, 1.82) is 0 Å². The molecule has 9 aliphatic rings. The van der Waals surface area contributed by atoms with Gasteiger partial charge in [0.25, 0.3) is 6.43 Å². The zero-order chi connectivity index (χ0) is 56.5. The van der Waals surface area contributed by atoms with E-state index in [0.29, 0.717) is 17.4 Å². The van der Waals surface area contributed by atoms with E-state index >= 15 is 0 Å². The molecule has 14 heteroatoms. The Balaban J connectivity index is 0.000000309. The minimum Gasteiger partial charge on any atom is -0.373 e. The maximum Gasteiger partial charge on any atom is 0.251 e. The van der Waals surface area contributed by atoms with Crippen LogP contribution in [0.2, 0.25) is 0 Å². The molecule has 0 aromatic carbocycles. The molecular formula is C62H128F2N10O2. The molecule has 0 atom stereocenters. The average Bonchev–Trinajstić information content (AvgIpc) is 4.33. The van der Waals surface area contributed by atoms with Gasteiger partial charge in [-0.1, -0.05) is 75.2 Å². The molecule has 0 bridgehead atoms. The molecule has 0 spiro atoms. The van der Waals surface area contributed by atoms with Crippen molar-refractivity contribution < 1.29 is 18.3 Å². The van der Waals surface area contributed by atoms with Gasteiger partial charge in [0.1, 0.15) is 0 Å². The highest BCUT2D eigenvalue weighted by Gasteiger charge is 2.34. The summed E-state index contributed by atoms with van der Waals surface area (Å²) in [6, 6.07) is 0.909. The fraction of sp³-hybridized carbons (Fsp3) is 0.984. The standard InChI is InChI=1S/C12H24N2.C11H21F2NO.C10H20N2.C9H19N3.C8H14N2O.3C4H10/c1-12(2,3)14-8-6-13(7-9-14)10-11-4-5-11;1-11(2,3)15-9-4-6-14(7-5-9)8-10(12)13;1-2-8-12(9-3-1)10-4-6-11-7-5-10;1-2-6-11(7-3-1)12-8-4-10-5-9-12;11-8(7-1-2-7)10-5-3-9-4-6-10;3*1-4(2)3/h11H,4-10H2,1-3H3;9-10H,4-8H2,1-3H3;10-11H,1-9H2;10H,1-9H2;7,9H,1-6H2;3*4H,1-3H3. The van der Waals surface area contributed by atoms with E-state index in [1.165, 1.54) is 149 Å². The van der Waals surface area contributed by atoms with Crippen LogP contribution in [-0.4, -0.2) is 214 Å². The molecule has 9 fully saturated rings. The van der Waals surface area contributed by atoms with Crippen LogP contribution < -0.4 is 16.0 Å². The summed E-state index contributed by atoms with van der Waals surface area (Å²) in [5.41, 5.74) is 0.237. The van der Waals surface area contributed by atoms with E-state index < -0.39 is 6.43 Å². The van der Waals surface area contributed by atoms with Gasteiger partial charge < -0.3 is 35.4 Å². The molecule has 76 heavy (non-hydrogen) atoms. The summed E-state index contributed by atoms with van der Waals surface area (Å²) in [5.74, 6) is 4.34. The van der Waals surface area contributed by atoms with Crippen molar-refractivity contribution in [3.05, 3.63) is 0 Å². The van der Waals surface area contributed by atoms with Crippen molar-refractivity contribution in [2.24, 2.45) is 29.6 Å². The van der Waals surface area contributed by atoms with Gasteiger partial charge in [-0.15, -0.1) is 0 Å².